The largest absolute Gasteiger partial charge is 0.496 e. The average molecular weight is 337 g/mol. The van der Waals surface area contributed by atoms with Crippen molar-refractivity contribution >= 4 is 29.0 Å². The monoisotopic (exact) mass is 337 g/mol. The first-order valence-electron chi connectivity index (χ1n) is 7.01. The fraction of sp³-hybridized carbons (Fsp3) is 0.400. The van der Waals surface area contributed by atoms with E-state index in [9.17, 15) is 4.79 Å². The van der Waals surface area contributed by atoms with E-state index in [4.69, 9.17) is 4.74 Å². The van der Waals surface area contributed by atoms with Gasteiger partial charge in [0.25, 0.3) is 0 Å². The van der Waals surface area contributed by atoms with Crippen LogP contribution in [0.3, 0.4) is 0 Å². The molecule has 0 unspecified atom stereocenters. The minimum atomic E-state index is -0.225. The van der Waals surface area contributed by atoms with Gasteiger partial charge < -0.3 is 10.1 Å². The summed E-state index contributed by atoms with van der Waals surface area (Å²) in [4.78, 5) is 12.4. The zero-order chi connectivity index (χ0) is 15.9. The molecule has 1 aromatic heterocycles. The summed E-state index contributed by atoms with van der Waals surface area (Å²) < 4.78 is 6.18. The summed E-state index contributed by atoms with van der Waals surface area (Å²) >= 11 is 2.85. The predicted molar refractivity (Wildman–Crippen MR) is 89.4 cm³/mol. The molecule has 0 aliphatic heterocycles. The molecule has 0 aliphatic carbocycles. The smallest absolute Gasteiger partial charge is 0.233 e. The van der Waals surface area contributed by atoms with Crippen LogP contribution in [-0.4, -0.2) is 28.5 Å². The second-order valence-electron chi connectivity index (χ2n) is 4.68. The van der Waals surface area contributed by atoms with Crippen molar-refractivity contribution in [2.45, 2.75) is 35.9 Å². The van der Waals surface area contributed by atoms with E-state index in [1.807, 2.05) is 38.1 Å². The van der Waals surface area contributed by atoms with Gasteiger partial charge >= 0.3 is 0 Å². The summed E-state index contributed by atoms with van der Waals surface area (Å²) in [5.41, 5.74) is 2.66. The Morgan fingerprint density at radius 1 is 1.45 bits per heavy atom. The highest BCUT2D eigenvalue weighted by molar-refractivity contribution is 8.02. The molecule has 2 rings (SSSR count). The molecule has 2 atom stereocenters. The number of benzene rings is 1. The first-order valence-corrected chi connectivity index (χ1v) is 8.77. The van der Waals surface area contributed by atoms with E-state index in [0.29, 0.717) is 0 Å². The quantitative estimate of drug-likeness (QED) is 0.786. The average Bonchev–Trinajstić information content (AvgIpc) is 3.05. The van der Waals surface area contributed by atoms with Crippen molar-refractivity contribution < 1.29 is 9.53 Å². The van der Waals surface area contributed by atoms with E-state index in [1.54, 1.807) is 12.6 Å². The summed E-state index contributed by atoms with van der Waals surface area (Å²) in [6.07, 6.45) is 0.794. The number of hydrogen-bond donors (Lipinski definition) is 1. The molecule has 1 N–H and O–H groups in total. The van der Waals surface area contributed by atoms with Gasteiger partial charge in [-0.2, -0.15) is 0 Å². The fourth-order valence-electron chi connectivity index (χ4n) is 2.06. The van der Waals surface area contributed by atoms with Crippen LogP contribution in [0.25, 0.3) is 0 Å². The third kappa shape index (κ3) is 4.20. The Labute approximate surface area is 138 Å². The van der Waals surface area contributed by atoms with Crippen LogP contribution < -0.4 is 10.1 Å². The summed E-state index contributed by atoms with van der Waals surface area (Å²) in [6, 6.07) is 7.69. The van der Waals surface area contributed by atoms with Crippen molar-refractivity contribution in [3.63, 3.8) is 0 Å². The molecular weight excluding hydrogens is 318 g/mol. The van der Waals surface area contributed by atoms with Gasteiger partial charge in [-0.25, -0.2) is 0 Å². The molecule has 118 valence electrons. The lowest BCUT2D eigenvalue weighted by Gasteiger charge is -2.21. The van der Waals surface area contributed by atoms with Crippen LogP contribution in [-0.2, 0) is 4.79 Å². The zero-order valence-corrected chi connectivity index (χ0v) is 14.4. The van der Waals surface area contributed by atoms with Gasteiger partial charge in [0.2, 0.25) is 5.91 Å². The topological polar surface area (TPSA) is 64.1 Å². The van der Waals surface area contributed by atoms with Crippen molar-refractivity contribution in [2.24, 2.45) is 0 Å². The number of amides is 1. The Morgan fingerprint density at radius 2 is 2.23 bits per heavy atom. The number of nitrogens with one attached hydrogen (secondary N) is 1. The van der Waals surface area contributed by atoms with Crippen LogP contribution in [0.2, 0.25) is 0 Å². The number of nitrogens with zero attached hydrogens (tertiary/aromatic N) is 2. The first kappa shape index (κ1) is 16.8. The van der Waals surface area contributed by atoms with Crippen molar-refractivity contribution in [1.82, 2.24) is 15.5 Å². The lowest BCUT2D eigenvalue weighted by atomic mass is 10.0. The second kappa shape index (κ2) is 8.14. The molecule has 2 aromatic rings. The number of para-hydroxylation sites is 1. The van der Waals surface area contributed by atoms with Crippen LogP contribution >= 0.6 is 23.1 Å². The van der Waals surface area contributed by atoms with E-state index in [0.717, 1.165) is 22.1 Å². The Balaban J connectivity index is 2.04. The van der Waals surface area contributed by atoms with E-state index >= 15 is 0 Å². The molecule has 0 radical (unpaired) electrons. The molecule has 22 heavy (non-hydrogen) atoms. The summed E-state index contributed by atoms with van der Waals surface area (Å²) in [7, 11) is 1.64. The van der Waals surface area contributed by atoms with Crippen LogP contribution in [0.15, 0.2) is 34.1 Å². The highest BCUT2D eigenvalue weighted by Gasteiger charge is 2.21. The van der Waals surface area contributed by atoms with Crippen LogP contribution in [0.4, 0.5) is 0 Å². The number of methoxy groups -OCH3 is 1. The van der Waals surface area contributed by atoms with Crippen LogP contribution in [0, 0.1) is 0 Å². The number of carbonyl (C=O) groups excluding carboxylic acids is 1. The van der Waals surface area contributed by atoms with E-state index < -0.39 is 0 Å². The number of rotatable bonds is 7. The number of ether oxygens (including phenoxy) is 1. The highest BCUT2D eigenvalue weighted by atomic mass is 32.2. The third-order valence-corrected chi connectivity index (χ3v) is 5.14. The number of thioether (sulfide) groups is 1. The first-order chi connectivity index (χ1) is 10.7. The molecule has 7 heteroatoms. The van der Waals surface area contributed by atoms with Gasteiger partial charge in [-0.05, 0) is 19.4 Å². The molecular formula is C15H19N3O2S2. The standard InChI is InChI=1S/C15H19N3O2S2/c1-4-12(11-7-5-6-8-13(11)20-3)17-14(19)10(2)22-15-18-16-9-21-15/h5-10,12H,4H2,1-3H3,(H,17,19)/t10-,12-/m0/s1. The predicted octanol–water partition coefficient (Wildman–Crippen LogP) is 3.29. The molecule has 0 fully saturated rings. The van der Waals surface area contributed by atoms with E-state index in [-0.39, 0.29) is 17.2 Å². The second-order valence-corrected chi connectivity index (χ2v) is 7.10. The van der Waals surface area contributed by atoms with Crippen molar-refractivity contribution in [1.29, 1.82) is 0 Å². The number of carbonyl (C=O) groups is 1. The van der Waals surface area contributed by atoms with Gasteiger partial charge in [0.05, 0.1) is 18.4 Å². The van der Waals surface area contributed by atoms with Crippen molar-refractivity contribution in [3.8, 4) is 5.75 Å². The fourth-order valence-corrected chi connectivity index (χ4v) is 3.70. The van der Waals surface area contributed by atoms with E-state index in [1.165, 1.54) is 23.1 Å². The van der Waals surface area contributed by atoms with Gasteiger partial charge in [-0.1, -0.05) is 48.2 Å². The maximum atomic E-state index is 12.4. The molecule has 1 aromatic carbocycles. The van der Waals surface area contributed by atoms with Gasteiger partial charge in [0.1, 0.15) is 11.3 Å². The minimum Gasteiger partial charge on any atom is -0.496 e. The Kier molecular flexibility index (Phi) is 6.21. The van der Waals surface area contributed by atoms with Crippen LogP contribution in [0.5, 0.6) is 5.75 Å². The number of aromatic nitrogens is 2. The molecule has 5 nitrogen and oxygen atoms in total. The van der Waals surface area contributed by atoms with Crippen molar-refractivity contribution in [3.05, 3.63) is 35.3 Å². The minimum absolute atomic E-state index is 0.0158. The van der Waals surface area contributed by atoms with Crippen LogP contribution in [0.1, 0.15) is 31.9 Å². The SMILES string of the molecule is CC[C@H](NC(=O)[C@H](C)Sc1nncs1)c1ccccc1OC. The molecule has 1 amide bonds. The number of hydrogen-bond acceptors (Lipinski definition) is 6. The molecule has 0 bridgehead atoms. The maximum absolute atomic E-state index is 12.4. The summed E-state index contributed by atoms with van der Waals surface area (Å²) in [5.74, 6) is 0.775. The molecule has 0 spiro atoms. The maximum Gasteiger partial charge on any atom is 0.233 e. The lowest BCUT2D eigenvalue weighted by molar-refractivity contribution is -0.121. The third-order valence-electron chi connectivity index (χ3n) is 3.23. The Bertz CT molecular complexity index is 605. The molecule has 0 saturated heterocycles. The van der Waals surface area contributed by atoms with Crippen molar-refractivity contribution in [2.75, 3.05) is 7.11 Å². The Hall–Kier alpha value is -1.60. The summed E-state index contributed by atoms with van der Waals surface area (Å²) in [5, 5.41) is 10.6. The summed E-state index contributed by atoms with van der Waals surface area (Å²) in [6.45, 7) is 3.91. The lowest BCUT2D eigenvalue weighted by Crippen LogP contribution is -2.34. The van der Waals surface area contributed by atoms with Gasteiger partial charge in [0.15, 0.2) is 4.34 Å². The molecule has 1 heterocycles. The highest BCUT2D eigenvalue weighted by Crippen LogP contribution is 2.28. The zero-order valence-electron chi connectivity index (χ0n) is 12.8. The molecule has 0 saturated carbocycles. The Morgan fingerprint density at radius 3 is 2.86 bits per heavy atom. The van der Waals surface area contributed by atoms with Gasteiger partial charge in [0, 0.05) is 5.56 Å². The van der Waals surface area contributed by atoms with Gasteiger partial charge in [-0.3, -0.25) is 4.79 Å². The van der Waals surface area contributed by atoms with E-state index in [2.05, 4.69) is 15.5 Å². The normalized spacial score (nSPS) is 13.4. The molecule has 0 aliphatic rings. The van der Waals surface area contributed by atoms with Gasteiger partial charge in [-0.15, -0.1) is 10.2 Å².